The Bertz CT molecular complexity index is 711. The van der Waals surface area contributed by atoms with E-state index in [0.29, 0.717) is 5.69 Å². The van der Waals surface area contributed by atoms with E-state index < -0.39 is 10.0 Å². The maximum absolute atomic E-state index is 12.9. The first kappa shape index (κ1) is 17.3. The molecule has 2 rings (SSSR count). The van der Waals surface area contributed by atoms with Gasteiger partial charge in [-0.2, -0.15) is 9.40 Å². The SMILES string of the molecule is Cn1cc(S(=O)(=O)N(CCCl)CCCl)c(-c2ccccc2)n1. The van der Waals surface area contributed by atoms with Crippen molar-refractivity contribution in [1.29, 1.82) is 0 Å². The van der Waals surface area contributed by atoms with Gasteiger partial charge in [-0.25, -0.2) is 8.42 Å². The van der Waals surface area contributed by atoms with Crippen molar-refractivity contribution >= 4 is 33.2 Å². The van der Waals surface area contributed by atoms with Crippen LogP contribution in [0.25, 0.3) is 11.3 Å². The van der Waals surface area contributed by atoms with E-state index in [1.807, 2.05) is 30.3 Å². The summed E-state index contributed by atoms with van der Waals surface area (Å²) in [6.45, 7) is 0.416. The summed E-state index contributed by atoms with van der Waals surface area (Å²) < 4.78 is 28.5. The van der Waals surface area contributed by atoms with Crippen molar-refractivity contribution in [2.75, 3.05) is 24.8 Å². The molecule has 22 heavy (non-hydrogen) atoms. The number of benzene rings is 1. The van der Waals surface area contributed by atoms with Gasteiger partial charge in [0.15, 0.2) is 0 Å². The Hall–Kier alpha value is -1.08. The van der Waals surface area contributed by atoms with Gasteiger partial charge >= 0.3 is 0 Å². The normalized spacial score (nSPS) is 12.0. The minimum absolute atomic E-state index is 0.163. The zero-order chi connectivity index (χ0) is 16.2. The fourth-order valence-corrected chi connectivity index (χ4v) is 4.37. The second kappa shape index (κ2) is 7.46. The van der Waals surface area contributed by atoms with Gasteiger partial charge in [0.25, 0.3) is 0 Å². The molecule has 0 fully saturated rings. The summed E-state index contributed by atoms with van der Waals surface area (Å²) in [5.41, 5.74) is 1.18. The summed E-state index contributed by atoms with van der Waals surface area (Å²) in [7, 11) is -2.01. The number of sulfonamides is 1. The quantitative estimate of drug-likeness (QED) is 0.712. The molecule has 8 heteroatoms. The number of alkyl halides is 2. The summed E-state index contributed by atoms with van der Waals surface area (Å²) in [5, 5.41) is 4.29. The summed E-state index contributed by atoms with van der Waals surface area (Å²) >= 11 is 11.4. The van der Waals surface area contributed by atoms with Crippen molar-refractivity contribution in [1.82, 2.24) is 14.1 Å². The second-order valence-corrected chi connectivity index (χ2v) is 7.33. The van der Waals surface area contributed by atoms with Crippen LogP contribution in [-0.4, -0.2) is 47.4 Å². The molecule has 0 saturated heterocycles. The van der Waals surface area contributed by atoms with Crippen LogP contribution in [0.4, 0.5) is 0 Å². The Morgan fingerprint density at radius 1 is 1.14 bits per heavy atom. The van der Waals surface area contributed by atoms with Gasteiger partial charge in [-0.3, -0.25) is 4.68 Å². The number of nitrogens with zero attached hydrogens (tertiary/aromatic N) is 3. The number of aromatic nitrogens is 2. The Morgan fingerprint density at radius 2 is 1.73 bits per heavy atom. The van der Waals surface area contributed by atoms with Crippen molar-refractivity contribution < 1.29 is 8.42 Å². The molecule has 0 atom stereocenters. The summed E-state index contributed by atoms with van der Waals surface area (Å²) in [5.74, 6) is 0.411. The van der Waals surface area contributed by atoms with E-state index in [1.165, 1.54) is 15.2 Å². The molecular formula is C14H17Cl2N3O2S. The average molecular weight is 362 g/mol. The third-order valence-corrected chi connectivity index (χ3v) is 5.37. The van der Waals surface area contributed by atoms with E-state index in [4.69, 9.17) is 23.2 Å². The molecular weight excluding hydrogens is 345 g/mol. The monoisotopic (exact) mass is 361 g/mol. The lowest BCUT2D eigenvalue weighted by atomic mass is 10.2. The Kier molecular flexibility index (Phi) is 5.86. The summed E-state index contributed by atoms with van der Waals surface area (Å²) in [6.07, 6.45) is 1.51. The lowest BCUT2D eigenvalue weighted by molar-refractivity contribution is 0.448. The van der Waals surface area contributed by atoms with Crippen LogP contribution in [0.5, 0.6) is 0 Å². The maximum Gasteiger partial charge on any atom is 0.246 e. The molecule has 0 unspecified atom stereocenters. The van der Waals surface area contributed by atoms with Crippen molar-refractivity contribution in [2.45, 2.75) is 4.90 Å². The predicted molar refractivity (Wildman–Crippen MR) is 88.8 cm³/mol. The van der Waals surface area contributed by atoms with Crippen molar-refractivity contribution in [3.8, 4) is 11.3 Å². The molecule has 5 nitrogen and oxygen atoms in total. The highest BCUT2D eigenvalue weighted by molar-refractivity contribution is 7.89. The first-order chi connectivity index (χ1) is 10.5. The molecule has 0 aliphatic carbocycles. The zero-order valence-corrected chi connectivity index (χ0v) is 14.4. The van der Waals surface area contributed by atoms with Gasteiger partial charge < -0.3 is 0 Å². The van der Waals surface area contributed by atoms with Crippen molar-refractivity contribution in [3.05, 3.63) is 36.5 Å². The molecule has 1 aromatic carbocycles. The standard InChI is InChI=1S/C14H17Cl2N3O2S/c1-18-11-13(14(17-18)12-5-3-2-4-6-12)22(20,21)19(9-7-15)10-8-16/h2-6,11H,7-10H2,1H3. The highest BCUT2D eigenvalue weighted by Crippen LogP contribution is 2.28. The molecule has 0 radical (unpaired) electrons. The summed E-state index contributed by atoms with van der Waals surface area (Å²) in [4.78, 5) is 0.163. The molecule has 1 heterocycles. The Labute approximate surface area is 140 Å². The Morgan fingerprint density at radius 3 is 2.27 bits per heavy atom. The first-order valence-electron chi connectivity index (χ1n) is 6.72. The van der Waals surface area contributed by atoms with Crippen LogP contribution in [0, 0.1) is 0 Å². The second-order valence-electron chi connectivity index (χ2n) is 4.66. The van der Waals surface area contributed by atoms with Crippen LogP contribution >= 0.6 is 23.2 Å². The van der Waals surface area contributed by atoms with Crippen molar-refractivity contribution in [3.63, 3.8) is 0 Å². The predicted octanol–water partition coefficient (Wildman–Crippen LogP) is 2.56. The van der Waals surface area contributed by atoms with E-state index in [9.17, 15) is 8.42 Å². The number of hydrogen-bond donors (Lipinski definition) is 0. The molecule has 1 aromatic heterocycles. The van der Waals surface area contributed by atoms with Crippen LogP contribution in [0.15, 0.2) is 41.4 Å². The first-order valence-corrected chi connectivity index (χ1v) is 9.22. The smallest absolute Gasteiger partial charge is 0.246 e. The van der Waals surface area contributed by atoms with E-state index >= 15 is 0 Å². The fourth-order valence-electron chi connectivity index (χ4n) is 2.13. The lowest BCUT2D eigenvalue weighted by Gasteiger charge is -2.19. The topological polar surface area (TPSA) is 55.2 Å². The van der Waals surface area contributed by atoms with E-state index in [0.717, 1.165) is 5.56 Å². The molecule has 2 aromatic rings. The molecule has 0 bridgehead atoms. The maximum atomic E-state index is 12.9. The van der Waals surface area contributed by atoms with Crippen LogP contribution in [0.3, 0.4) is 0 Å². The molecule has 0 N–H and O–H groups in total. The number of aryl methyl sites for hydroxylation is 1. The van der Waals surface area contributed by atoms with E-state index in [-0.39, 0.29) is 29.7 Å². The molecule has 0 aliphatic rings. The minimum Gasteiger partial charge on any atom is -0.274 e. The number of rotatable bonds is 7. The average Bonchev–Trinajstić information content (AvgIpc) is 2.91. The van der Waals surface area contributed by atoms with E-state index in [2.05, 4.69) is 5.10 Å². The lowest BCUT2D eigenvalue weighted by Crippen LogP contribution is -2.34. The highest BCUT2D eigenvalue weighted by atomic mass is 35.5. The van der Waals surface area contributed by atoms with Gasteiger partial charge in [0.2, 0.25) is 10.0 Å². The fraction of sp³-hybridized carbons (Fsp3) is 0.357. The van der Waals surface area contributed by atoms with Crippen LogP contribution < -0.4 is 0 Å². The molecule has 120 valence electrons. The third-order valence-electron chi connectivity index (χ3n) is 3.13. The van der Waals surface area contributed by atoms with Crippen molar-refractivity contribution in [2.24, 2.45) is 7.05 Å². The van der Waals surface area contributed by atoms with Gasteiger partial charge in [-0.05, 0) is 0 Å². The highest BCUT2D eigenvalue weighted by Gasteiger charge is 2.29. The van der Waals surface area contributed by atoms with Gasteiger partial charge in [-0.1, -0.05) is 30.3 Å². The molecule has 0 spiro atoms. The van der Waals surface area contributed by atoms with Gasteiger partial charge in [0.05, 0.1) is 0 Å². The minimum atomic E-state index is -3.70. The largest absolute Gasteiger partial charge is 0.274 e. The Balaban J connectivity index is 2.52. The molecule has 0 aliphatic heterocycles. The van der Waals surface area contributed by atoms with Gasteiger partial charge in [0.1, 0.15) is 10.6 Å². The molecule has 0 amide bonds. The van der Waals surface area contributed by atoms with Crippen LogP contribution in [0.2, 0.25) is 0 Å². The zero-order valence-electron chi connectivity index (χ0n) is 12.1. The number of hydrogen-bond acceptors (Lipinski definition) is 3. The number of halogens is 2. The molecule has 0 saturated carbocycles. The van der Waals surface area contributed by atoms with Gasteiger partial charge in [-0.15, -0.1) is 23.2 Å². The van der Waals surface area contributed by atoms with Crippen LogP contribution in [-0.2, 0) is 17.1 Å². The van der Waals surface area contributed by atoms with E-state index in [1.54, 1.807) is 7.05 Å². The van der Waals surface area contributed by atoms with Gasteiger partial charge in [0, 0.05) is 43.7 Å². The summed E-state index contributed by atoms with van der Waals surface area (Å²) in [6, 6.07) is 9.21. The van der Waals surface area contributed by atoms with Crippen LogP contribution in [0.1, 0.15) is 0 Å². The third kappa shape index (κ3) is 3.63.